The minimum atomic E-state index is -0.383. The first kappa shape index (κ1) is 14.8. The summed E-state index contributed by atoms with van der Waals surface area (Å²) in [7, 11) is 0. The Kier molecular flexibility index (Phi) is 5.98. The van der Waals surface area contributed by atoms with Crippen molar-refractivity contribution < 1.29 is 9.11 Å². The first-order valence-electron chi connectivity index (χ1n) is 6.15. The van der Waals surface area contributed by atoms with Crippen LogP contribution in [0.2, 0.25) is 0 Å². The topological polar surface area (TPSA) is 52.4 Å². The molecular formula is C13H19NO3S. The Morgan fingerprint density at radius 3 is 2.72 bits per heavy atom. The van der Waals surface area contributed by atoms with E-state index in [4.69, 9.17) is 4.18 Å². The predicted molar refractivity (Wildman–Crippen MR) is 75.1 cm³/mol. The van der Waals surface area contributed by atoms with E-state index >= 15 is 0 Å². The van der Waals surface area contributed by atoms with Crippen molar-refractivity contribution in [3.63, 3.8) is 0 Å². The van der Waals surface area contributed by atoms with Gasteiger partial charge in [0.1, 0.15) is 0 Å². The molecule has 1 aromatic carbocycles. The van der Waals surface area contributed by atoms with Gasteiger partial charge in [0.2, 0.25) is 5.75 Å². The van der Waals surface area contributed by atoms with Gasteiger partial charge in [-0.2, -0.15) is 0 Å². The Labute approximate surface area is 112 Å². The Hall–Kier alpha value is -1.23. The quantitative estimate of drug-likeness (QED) is 0.419. The van der Waals surface area contributed by atoms with Crippen LogP contribution in [-0.4, -0.2) is 10.2 Å². The maximum Gasteiger partial charge on any atom is 0.312 e. The number of unbranched alkanes of at least 4 members (excludes halogenated alkanes) is 1. The van der Waals surface area contributed by atoms with Crippen molar-refractivity contribution in [2.75, 3.05) is 0 Å². The van der Waals surface area contributed by atoms with E-state index in [1.165, 1.54) is 18.1 Å². The first-order chi connectivity index (χ1) is 8.56. The van der Waals surface area contributed by atoms with E-state index in [0.29, 0.717) is 5.75 Å². The predicted octanol–water partition coefficient (Wildman–Crippen LogP) is 4.37. The summed E-state index contributed by atoms with van der Waals surface area (Å²) in [4.78, 5) is 10.6. The van der Waals surface area contributed by atoms with Gasteiger partial charge >= 0.3 is 5.69 Å². The van der Waals surface area contributed by atoms with E-state index in [0.717, 1.165) is 24.8 Å². The van der Waals surface area contributed by atoms with Gasteiger partial charge in [0.25, 0.3) is 0 Å². The van der Waals surface area contributed by atoms with Crippen molar-refractivity contribution in [2.45, 2.75) is 45.3 Å². The third-order valence-electron chi connectivity index (χ3n) is 2.40. The zero-order valence-electron chi connectivity index (χ0n) is 11.0. The van der Waals surface area contributed by atoms with Crippen molar-refractivity contribution in [3.05, 3.63) is 33.9 Å². The lowest BCUT2D eigenvalue weighted by atomic mass is 10.1. The number of nitrogens with zero attached hydrogens (tertiary/aromatic N) is 1. The van der Waals surface area contributed by atoms with Crippen LogP contribution >= 0.6 is 12.0 Å². The maximum atomic E-state index is 11.0. The molecule has 0 atom stereocenters. The third-order valence-corrected chi connectivity index (χ3v) is 3.04. The molecule has 1 rings (SSSR count). The average Bonchev–Trinajstić information content (AvgIpc) is 2.33. The van der Waals surface area contributed by atoms with E-state index in [9.17, 15) is 10.1 Å². The molecule has 0 bridgehead atoms. The van der Waals surface area contributed by atoms with Crippen molar-refractivity contribution in [1.29, 1.82) is 0 Å². The fraction of sp³-hybridized carbons (Fsp3) is 0.538. The van der Waals surface area contributed by atoms with Gasteiger partial charge in [-0.25, -0.2) is 0 Å². The highest BCUT2D eigenvalue weighted by atomic mass is 32.2. The van der Waals surface area contributed by atoms with Crippen LogP contribution in [0.4, 0.5) is 5.69 Å². The number of aryl methyl sites for hydroxylation is 1. The maximum absolute atomic E-state index is 11.0. The molecule has 0 aliphatic carbocycles. The molecule has 0 fully saturated rings. The van der Waals surface area contributed by atoms with Gasteiger partial charge < -0.3 is 4.18 Å². The summed E-state index contributed by atoms with van der Waals surface area (Å²) >= 11 is 1.26. The molecule has 5 heteroatoms. The molecule has 0 aliphatic heterocycles. The number of para-hydroxylation sites is 1. The number of nitro groups is 1. The monoisotopic (exact) mass is 269 g/mol. The first-order valence-corrected chi connectivity index (χ1v) is 6.96. The highest BCUT2D eigenvalue weighted by Crippen LogP contribution is 2.35. The van der Waals surface area contributed by atoms with Gasteiger partial charge in [0.15, 0.2) is 0 Å². The van der Waals surface area contributed by atoms with E-state index < -0.39 is 0 Å². The molecule has 18 heavy (non-hydrogen) atoms. The minimum Gasteiger partial charge on any atom is -0.418 e. The Bertz CT molecular complexity index is 407. The Balaban J connectivity index is 3.00. The van der Waals surface area contributed by atoms with Crippen molar-refractivity contribution >= 4 is 17.7 Å². The molecule has 0 saturated carbocycles. The van der Waals surface area contributed by atoms with Gasteiger partial charge in [-0.05, 0) is 12.8 Å². The summed E-state index contributed by atoms with van der Waals surface area (Å²) in [6.07, 6.45) is 2.87. The lowest BCUT2D eigenvalue weighted by Crippen LogP contribution is -2.00. The van der Waals surface area contributed by atoms with Crippen LogP contribution in [0.5, 0.6) is 5.75 Å². The summed E-state index contributed by atoms with van der Waals surface area (Å²) in [5, 5.41) is 11.3. The van der Waals surface area contributed by atoms with Crippen molar-refractivity contribution in [3.8, 4) is 5.75 Å². The smallest absolute Gasteiger partial charge is 0.312 e. The molecule has 0 spiro atoms. The Morgan fingerprint density at radius 1 is 1.44 bits per heavy atom. The van der Waals surface area contributed by atoms with E-state index in [1.807, 2.05) is 19.9 Å². The lowest BCUT2D eigenvalue weighted by molar-refractivity contribution is -0.385. The van der Waals surface area contributed by atoms with E-state index in [-0.39, 0.29) is 15.9 Å². The number of benzene rings is 1. The van der Waals surface area contributed by atoms with Gasteiger partial charge in [0.05, 0.1) is 17.0 Å². The highest BCUT2D eigenvalue weighted by Gasteiger charge is 2.19. The second kappa shape index (κ2) is 7.26. The second-order valence-electron chi connectivity index (χ2n) is 4.35. The molecule has 1 aromatic rings. The van der Waals surface area contributed by atoms with Crippen LogP contribution in [0.15, 0.2) is 18.2 Å². The van der Waals surface area contributed by atoms with Gasteiger partial charge in [-0.15, -0.1) is 0 Å². The van der Waals surface area contributed by atoms with Gasteiger partial charge in [0, 0.05) is 16.9 Å². The number of hydrogen-bond donors (Lipinski definition) is 0. The molecule has 0 N–H and O–H groups in total. The summed E-state index contributed by atoms with van der Waals surface area (Å²) in [5.74, 6) is 0.412. The van der Waals surface area contributed by atoms with Crippen molar-refractivity contribution in [2.24, 2.45) is 0 Å². The summed E-state index contributed by atoms with van der Waals surface area (Å²) in [6, 6.07) is 5.11. The molecular weight excluding hydrogens is 250 g/mol. The van der Waals surface area contributed by atoms with Crippen LogP contribution < -0.4 is 4.18 Å². The zero-order chi connectivity index (χ0) is 13.5. The standard InChI is InChI=1S/C13H19NO3S/c1-4-5-7-11-8-6-9-12(14(15)16)13(11)17-18-10(2)3/h6,8-10H,4-5,7H2,1-3H3. The van der Waals surface area contributed by atoms with Gasteiger partial charge in [-0.3, -0.25) is 10.1 Å². The average molecular weight is 269 g/mol. The zero-order valence-corrected chi connectivity index (χ0v) is 11.8. The molecule has 4 nitrogen and oxygen atoms in total. The van der Waals surface area contributed by atoms with Crippen LogP contribution in [0.25, 0.3) is 0 Å². The summed E-state index contributed by atoms with van der Waals surface area (Å²) in [6.45, 7) is 6.08. The number of hydrogen-bond acceptors (Lipinski definition) is 4. The molecule has 0 radical (unpaired) electrons. The fourth-order valence-electron chi connectivity index (χ4n) is 1.52. The van der Waals surface area contributed by atoms with Gasteiger partial charge in [-0.1, -0.05) is 39.3 Å². The molecule has 0 amide bonds. The molecule has 0 saturated heterocycles. The van der Waals surface area contributed by atoms with Crippen LogP contribution in [-0.2, 0) is 6.42 Å². The number of rotatable bonds is 7. The SMILES string of the molecule is CCCCc1cccc([N+](=O)[O-])c1OSC(C)C. The third kappa shape index (κ3) is 4.22. The van der Waals surface area contributed by atoms with Crippen molar-refractivity contribution in [1.82, 2.24) is 0 Å². The van der Waals surface area contributed by atoms with E-state index in [1.54, 1.807) is 6.07 Å². The minimum absolute atomic E-state index is 0.0525. The molecule has 0 aliphatic rings. The normalized spacial score (nSPS) is 10.7. The highest BCUT2D eigenvalue weighted by molar-refractivity contribution is 7.95. The summed E-state index contributed by atoms with van der Waals surface area (Å²) < 4.78 is 5.56. The largest absolute Gasteiger partial charge is 0.418 e. The van der Waals surface area contributed by atoms with Crippen LogP contribution in [0.3, 0.4) is 0 Å². The fourth-order valence-corrected chi connectivity index (χ4v) is 2.00. The summed E-state index contributed by atoms with van der Waals surface area (Å²) in [5.41, 5.74) is 0.968. The molecule has 0 aromatic heterocycles. The molecule has 0 unspecified atom stereocenters. The Morgan fingerprint density at radius 2 is 2.17 bits per heavy atom. The number of nitro benzene ring substituents is 1. The van der Waals surface area contributed by atoms with E-state index in [2.05, 4.69) is 6.92 Å². The second-order valence-corrected chi connectivity index (χ2v) is 5.66. The van der Waals surface area contributed by atoms with Crippen LogP contribution in [0.1, 0.15) is 39.2 Å². The van der Waals surface area contributed by atoms with Crippen LogP contribution in [0, 0.1) is 10.1 Å². The molecule has 100 valence electrons. The molecule has 0 heterocycles. The lowest BCUT2D eigenvalue weighted by Gasteiger charge is -2.11.